The lowest BCUT2D eigenvalue weighted by atomic mass is 9.98. The molecule has 0 spiro atoms. The third kappa shape index (κ3) is 3.47. The minimum atomic E-state index is -0.997. The SMILES string of the molecule is C=CN1C(F)=C(c2c(F)ccc(N)c2F)C=C/C1=C(/CCCC)c1ncc[nH]1. The molecule has 28 heavy (non-hydrogen) atoms. The molecular weight excluding hydrogens is 365 g/mol. The van der Waals surface area contributed by atoms with Crippen LogP contribution in [0.5, 0.6) is 0 Å². The van der Waals surface area contributed by atoms with Crippen molar-refractivity contribution < 1.29 is 13.2 Å². The first-order valence-electron chi connectivity index (χ1n) is 8.96. The number of hydrogen-bond donors (Lipinski definition) is 2. The van der Waals surface area contributed by atoms with Crippen molar-refractivity contribution in [1.29, 1.82) is 0 Å². The highest BCUT2D eigenvalue weighted by Crippen LogP contribution is 2.38. The minimum absolute atomic E-state index is 0.236. The summed E-state index contributed by atoms with van der Waals surface area (Å²) in [6.07, 6.45) is 9.98. The van der Waals surface area contributed by atoms with E-state index in [1.807, 2.05) is 0 Å². The van der Waals surface area contributed by atoms with Crippen molar-refractivity contribution in [2.24, 2.45) is 0 Å². The lowest BCUT2D eigenvalue weighted by Gasteiger charge is -2.27. The quantitative estimate of drug-likeness (QED) is 0.507. The van der Waals surface area contributed by atoms with Crippen LogP contribution in [0, 0.1) is 11.6 Å². The monoisotopic (exact) mass is 386 g/mol. The summed E-state index contributed by atoms with van der Waals surface area (Å²) in [5.41, 5.74) is 5.83. The van der Waals surface area contributed by atoms with E-state index in [9.17, 15) is 8.78 Å². The van der Waals surface area contributed by atoms with Crippen LogP contribution in [-0.4, -0.2) is 14.9 Å². The minimum Gasteiger partial charge on any atom is -0.396 e. The number of hydrogen-bond acceptors (Lipinski definition) is 3. The number of nitrogens with two attached hydrogens (primary N) is 1. The number of halogens is 3. The highest BCUT2D eigenvalue weighted by Gasteiger charge is 2.27. The average Bonchev–Trinajstić information content (AvgIpc) is 3.21. The molecule has 0 fully saturated rings. The van der Waals surface area contributed by atoms with E-state index in [-0.39, 0.29) is 11.3 Å². The van der Waals surface area contributed by atoms with E-state index in [0.717, 1.165) is 30.5 Å². The number of benzene rings is 1. The Morgan fingerprint density at radius 3 is 2.71 bits per heavy atom. The zero-order valence-electron chi connectivity index (χ0n) is 15.5. The van der Waals surface area contributed by atoms with Gasteiger partial charge in [0, 0.05) is 29.7 Å². The number of imidazole rings is 1. The van der Waals surface area contributed by atoms with Crippen LogP contribution in [0.15, 0.2) is 61.1 Å². The molecule has 7 heteroatoms. The Balaban J connectivity index is 2.16. The molecule has 0 saturated carbocycles. The molecule has 0 unspecified atom stereocenters. The van der Waals surface area contributed by atoms with E-state index >= 15 is 4.39 Å². The molecule has 1 aliphatic heterocycles. The fourth-order valence-corrected chi connectivity index (χ4v) is 3.12. The van der Waals surface area contributed by atoms with Gasteiger partial charge in [0.15, 0.2) is 5.82 Å². The maximum absolute atomic E-state index is 15.3. The maximum atomic E-state index is 15.3. The summed E-state index contributed by atoms with van der Waals surface area (Å²) in [4.78, 5) is 8.48. The Morgan fingerprint density at radius 2 is 2.07 bits per heavy atom. The summed E-state index contributed by atoms with van der Waals surface area (Å²) in [7, 11) is 0. The second kappa shape index (κ2) is 8.21. The molecule has 0 saturated heterocycles. The fraction of sp³-hybridized carbons (Fsp3) is 0.190. The molecule has 0 atom stereocenters. The molecule has 1 aromatic heterocycles. The average molecular weight is 386 g/mol. The summed E-state index contributed by atoms with van der Waals surface area (Å²) in [6, 6.07) is 2.12. The summed E-state index contributed by atoms with van der Waals surface area (Å²) in [5.74, 6) is -2.12. The standard InChI is InChI=1S/C21H21F3N4/c1-3-5-6-13(21-26-11-12-27-21)17-10-7-14(20(24)28(17)4-2)18-15(22)8-9-16(25)19(18)23/h4,7-12H,2-3,5-6,25H2,1H3,(H,26,27)/b17-13+. The Labute approximate surface area is 161 Å². The van der Waals surface area contributed by atoms with Crippen molar-refractivity contribution in [3.63, 3.8) is 0 Å². The molecule has 146 valence electrons. The van der Waals surface area contributed by atoms with Gasteiger partial charge in [0.05, 0.1) is 16.9 Å². The zero-order chi connectivity index (χ0) is 20.3. The van der Waals surface area contributed by atoms with Gasteiger partial charge < -0.3 is 10.7 Å². The second-order valence-electron chi connectivity index (χ2n) is 6.32. The van der Waals surface area contributed by atoms with Gasteiger partial charge in [-0.25, -0.2) is 13.8 Å². The van der Waals surface area contributed by atoms with E-state index in [4.69, 9.17) is 5.73 Å². The molecule has 4 nitrogen and oxygen atoms in total. The zero-order valence-corrected chi connectivity index (χ0v) is 15.5. The number of H-pyrrole nitrogens is 1. The number of nitrogens with zero attached hydrogens (tertiary/aromatic N) is 2. The molecule has 2 aromatic rings. The van der Waals surface area contributed by atoms with Gasteiger partial charge in [-0.1, -0.05) is 19.9 Å². The molecule has 0 radical (unpaired) electrons. The van der Waals surface area contributed by atoms with Crippen molar-refractivity contribution >= 4 is 16.8 Å². The Morgan fingerprint density at radius 1 is 1.29 bits per heavy atom. The van der Waals surface area contributed by atoms with Crippen LogP contribution in [0.25, 0.3) is 11.1 Å². The van der Waals surface area contributed by atoms with Gasteiger partial charge in [-0.3, -0.25) is 4.90 Å². The van der Waals surface area contributed by atoms with Crippen molar-refractivity contribution in [2.45, 2.75) is 26.2 Å². The normalized spacial score (nSPS) is 15.9. The van der Waals surface area contributed by atoms with Crippen LogP contribution in [-0.2, 0) is 0 Å². The van der Waals surface area contributed by atoms with Crippen molar-refractivity contribution in [3.8, 4) is 0 Å². The van der Waals surface area contributed by atoms with Gasteiger partial charge in [-0.15, -0.1) is 0 Å². The topological polar surface area (TPSA) is 57.9 Å². The number of aromatic amines is 1. The number of allylic oxidation sites excluding steroid dienone is 4. The number of anilines is 1. The van der Waals surface area contributed by atoms with E-state index < -0.39 is 23.1 Å². The molecule has 2 heterocycles. The highest BCUT2D eigenvalue weighted by atomic mass is 19.1. The van der Waals surface area contributed by atoms with Crippen molar-refractivity contribution in [3.05, 3.63) is 84.1 Å². The first kappa shape index (κ1) is 19.5. The number of nitrogen functional groups attached to an aromatic ring is 1. The molecule has 3 rings (SSSR count). The van der Waals surface area contributed by atoms with Crippen LogP contribution in [0.4, 0.5) is 18.9 Å². The Bertz CT molecular complexity index is 972. The maximum Gasteiger partial charge on any atom is 0.206 e. The Kier molecular flexibility index (Phi) is 5.73. The van der Waals surface area contributed by atoms with E-state index in [2.05, 4.69) is 23.5 Å². The highest BCUT2D eigenvalue weighted by molar-refractivity contribution is 5.82. The molecule has 1 aliphatic rings. The van der Waals surface area contributed by atoms with Crippen LogP contribution in [0.1, 0.15) is 37.6 Å². The van der Waals surface area contributed by atoms with E-state index in [1.54, 1.807) is 18.5 Å². The summed E-state index contributed by atoms with van der Waals surface area (Å²) in [5, 5.41) is 0. The van der Waals surface area contributed by atoms with Gasteiger partial charge in [0.2, 0.25) is 5.95 Å². The van der Waals surface area contributed by atoms with Gasteiger partial charge in [-0.2, -0.15) is 4.39 Å². The third-order valence-electron chi connectivity index (χ3n) is 4.55. The number of rotatable bonds is 6. The van der Waals surface area contributed by atoms with Crippen LogP contribution in [0.3, 0.4) is 0 Å². The fourth-order valence-electron chi connectivity index (χ4n) is 3.12. The van der Waals surface area contributed by atoms with E-state index in [0.29, 0.717) is 17.9 Å². The third-order valence-corrected chi connectivity index (χ3v) is 4.55. The van der Waals surface area contributed by atoms with Gasteiger partial charge in [0.25, 0.3) is 0 Å². The van der Waals surface area contributed by atoms with E-state index in [1.165, 1.54) is 17.2 Å². The van der Waals surface area contributed by atoms with Crippen molar-refractivity contribution in [2.75, 3.05) is 5.73 Å². The van der Waals surface area contributed by atoms with Gasteiger partial charge in [0.1, 0.15) is 11.6 Å². The number of aromatic nitrogens is 2. The van der Waals surface area contributed by atoms with Crippen LogP contribution < -0.4 is 5.73 Å². The molecular formula is C21H21F3N4. The first-order chi connectivity index (χ1) is 13.5. The van der Waals surface area contributed by atoms with Crippen LogP contribution in [0.2, 0.25) is 0 Å². The summed E-state index contributed by atoms with van der Waals surface area (Å²) < 4.78 is 44.0. The second-order valence-corrected chi connectivity index (χ2v) is 6.32. The van der Waals surface area contributed by atoms with Gasteiger partial charge >= 0.3 is 0 Å². The Hall–Kier alpha value is -3.22. The van der Waals surface area contributed by atoms with Crippen molar-refractivity contribution in [1.82, 2.24) is 14.9 Å². The summed E-state index contributed by atoms with van der Waals surface area (Å²) >= 11 is 0. The number of nitrogens with one attached hydrogen (secondary N) is 1. The van der Waals surface area contributed by atoms with Gasteiger partial charge in [-0.05, 0) is 37.1 Å². The lowest BCUT2D eigenvalue weighted by Crippen LogP contribution is -2.19. The lowest BCUT2D eigenvalue weighted by molar-refractivity contribution is 0.421. The molecule has 0 bridgehead atoms. The largest absolute Gasteiger partial charge is 0.396 e. The summed E-state index contributed by atoms with van der Waals surface area (Å²) in [6.45, 7) is 5.71. The molecule has 1 aromatic carbocycles. The van der Waals surface area contributed by atoms with Crippen LogP contribution >= 0.6 is 0 Å². The molecule has 3 N–H and O–H groups in total. The first-order valence-corrected chi connectivity index (χ1v) is 8.96. The smallest absolute Gasteiger partial charge is 0.206 e. The number of unbranched alkanes of at least 4 members (excludes halogenated alkanes) is 1. The molecule has 0 amide bonds. The predicted molar refractivity (Wildman–Crippen MR) is 105 cm³/mol. The molecule has 0 aliphatic carbocycles. The predicted octanol–water partition coefficient (Wildman–Crippen LogP) is 5.53.